The lowest BCUT2D eigenvalue weighted by Gasteiger charge is -2.13. The van der Waals surface area contributed by atoms with Crippen LogP contribution >= 0.6 is 0 Å². The number of carbonyl (C=O) groups excluding carboxylic acids is 2. The molecular formula is C22H18FNO4. The lowest BCUT2D eigenvalue weighted by molar-refractivity contribution is 0.0602. The molecule has 0 aliphatic heterocycles. The summed E-state index contributed by atoms with van der Waals surface area (Å²) >= 11 is 0. The van der Waals surface area contributed by atoms with Gasteiger partial charge in [-0.1, -0.05) is 60.7 Å². The van der Waals surface area contributed by atoms with Gasteiger partial charge < -0.3 is 9.47 Å². The zero-order chi connectivity index (χ0) is 19.9. The predicted molar refractivity (Wildman–Crippen MR) is 103 cm³/mol. The van der Waals surface area contributed by atoms with Crippen LogP contribution in [0.25, 0.3) is 11.1 Å². The first-order valence-electron chi connectivity index (χ1n) is 8.53. The van der Waals surface area contributed by atoms with Gasteiger partial charge in [0.2, 0.25) is 0 Å². The van der Waals surface area contributed by atoms with Crippen molar-refractivity contribution >= 4 is 17.7 Å². The Morgan fingerprint density at radius 1 is 0.964 bits per heavy atom. The van der Waals surface area contributed by atoms with Gasteiger partial charge in [0.05, 0.1) is 18.4 Å². The number of hydrogen-bond donors (Lipinski definition) is 1. The third-order valence-electron chi connectivity index (χ3n) is 4.05. The highest BCUT2D eigenvalue weighted by Crippen LogP contribution is 2.29. The number of rotatable bonds is 5. The highest BCUT2D eigenvalue weighted by molar-refractivity contribution is 6.01. The highest BCUT2D eigenvalue weighted by atomic mass is 19.1. The summed E-state index contributed by atoms with van der Waals surface area (Å²) in [5, 5.41) is 2.41. The molecule has 0 aliphatic carbocycles. The van der Waals surface area contributed by atoms with Gasteiger partial charge in [-0.15, -0.1) is 0 Å². The Morgan fingerprint density at radius 2 is 1.61 bits per heavy atom. The first-order chi connectivity index (χ1) is 13.6. The second-order valence-electron chi connectivity index (χ2n) is 5.92. The molecule has 142 valence electrons. The number of methoxy groups -OCH3 is 1. The molecule has 0 aromatic heterocycles. The van der Waals surface area contributed by atoms with E-state index in [4.69, 9.17) is 9.47 Å². The molecule has 0 spiro atoms. The smallest absolute Gasteiger partial charge is 0.411 e. The van der Waals surface area contributed by atoms with E-state index in [1.165, 1.54) is 13.2 Å². The fourth-order valence-electron chi connectivity index (χ4n) is 2.66. The molecule has 0 radical (unpaired) electrons. The summed E-state index contributed by atoms with van der Waals surface area (Å²) < 4.78 is 24.5. The van der Waals surface area contributed by atoms with Gasteiger partial charge in [0.15, 0.2) is 0 Å². The number of esters is 1. The summed E-state index contributed by atoms with van der Waals surface area (Å²) in [5.41, 5.74) is 1.63. The third-order valence-corrected chi connectivity index (χ3v) is 4.05. The Hall–Kier alpha value is -3.67. The second kappa shape index (κ2) is 8.81. The van der Waals surface area contributed by atoms with Crippen molar-refractivity contribution in [1.82, 2.24) is 0 Å². The Balaban J connectivity index is 1.84. The van der Waals surface area contributed by atoms with E-state index in [1.54, 1.807) is 30.3 Å². The topological polar surface area (TPSA) is 64.6 Å². The Kier molecular flexibility index (Phi) is 6.01. The molecule has 6 heteroatoms. The molecule has 0 unspecified atom stereocenters. The normalized spacial score (nSPS) is 10.2. The summed E-state index contributed by atoms with van der Waals surface area (Å²) in [7, 11) is 1.21. The van der Waals surface area contributed by atoms with E-state index < -0.39 is 17.9 Å². The maximum Gasteiger partial charge on any atom is 0.411 e. The molecule has 1 amide bonds. The van der Waals surface area contributed by atoms with Crippen LogP contribution in [-0.2, 0) is 16.1 Å². The Bertz CT molecular complexity index is 975. The fourth-order valence-corrected chi connectivity index (χ4v) is 2.66. The minimum Gasteiger partial charge on any atom is -0.465 e. The lowest BCUT2D eigenvalue weighted by atomic mass is 10.0. The van der Waals surface area contributed by atoms with Crippen molar-refractivity contribution in [3.8, 4) is 11.1 Å². The summed E-state index contributed by atoms with van der Waals surface area (Å²) in [6.07, 6.45) is -0.805. The summed E-state index contributed by atoms with van der Waals surface area (Å²) in [4.78, 5) is 24.3. The van der Waals surface area contributed by atoms with E-state index in [-0.39, 0.29) is 23.4 Å². The average molecular weight is 379 g/mol. The van der Waals surface area contributed by atoms with Crippen molar-refractivity contribution < 1.29 is 23.5 Å². The second-order valence-corrected chi connectivity index (χ2v) is 5.92. The molecule has 28 heavy (non-hydrogen) atoms. The third kappa shape index (κ3) is 4.54. The Labute approximate surface area is 161 Å². The molecule has 0 bridgehead atoms. The van der Waals surface area contributed by atoms with Crippen LogP contribution in [0, 0.1) is 5.82 Å². The van der Waals surface area contributed by atoms with Gasteiger partial charge >= 0.3 is 12.1 Å². The van der Waals surface area contributed by atoms with Crippen LogP contribution in [0.2, 0.25) is 0 Å². The van der Waals surface area contributed by atoms with Gasteiger partial charge in [-0.05, 0) is 23.3 Å². The fraction of sp³-hybridized carbons (Fsp3) is 0.0909. The van der Waals surface area contributed by atoms with E-state index in [0.29, 0.717) is 5.56 Å². The molecule has 0 saturated heterocycles. The van der Waals surface area contributed by atoms with Crippen molar-refractivity contribution in [2.24, 2.45) is 0 Å². The van der Waals surface area contributed by atoms with E-state index >= 15 is 0 Å². The highest BCUT2D eigenvalue weighted by Gasteiger charge is 2.19. The van der Waals surface area contributed by atoms with E-state index in [1.807, 2.05) is 30.3 Å². The number of carbonyl (C=O) groups is 2. The van der Waals surface area contributed by atoms with Crippen molar-refractivity contribution in [2.75, 3.05) is 12.4 Å². The predicted octanol–water partition coefficient (Wildman–Crippen LogP) is 5.03. The van der Waals surface area contributed by atoms with E-state index in [9.17, 15) is 14.0 Å². The van der Waals surface area contributed by atoms with Crippen LogP contribution < -0.4 is 5.32 Å². The largest absolute Gasteiger partial charge is 0.465 e. The van der Waals surface area contributed by atoms with Crippen LogP contribution in [0.5, 0.6) is 0 Å². The number of ether oxygens (including phenoxy) is 2. The zero-order valence-corrected chi connectivity index (χ0v) is 15.1. The molecule has 0 aliphatic rings. The monoisotopic (exact) mass is 379 g/mol. The average Bonchev–Trinajstić information content (AvgIpc) is 2.73. The minimum absolute atomic E-state index is 0.0258. The van der Waals surface area contributed by atoms with Gasteiger partial charge in [0.1, 0.15) is 12.4 Å². The lowest BCUT2D eigenvalue weighted by Crippen LogP contribution is -2.17. The molecule has 0 heterocycles. The zero-order valence-electron chi connectivity index (χ0n) is 15.1. The van der Waals surface area contributed by atoms with Gasteiger partial charge in [-0.3, -0.25) is 5.32 Å². The molecular weight excluding hydrogens is 361 g/mol. The number of anilines is 1. The van der Waals surface area contributed by atoms with Crippen LogP contribution in [0.3, 0.4) is 0 Å². The maximum atomic E-state index is 14.6. The first kappa shape index (κ1) is 19.1. The molecule has 1 N–H and O–H groups in total. The van der Waals surface area contributed by atoms with Gasteiger partial charge in [-0.2, -0.15) is 0 Å². The number of halogens is 1. The first-order valence-corrected chi connectivity index (χ1v) is 8.53. The van der Waals surface area contributed by atoms with Crippen molar-refractivity contribution in [1.29, 1.82) is 0 Å². The number of benzene rings is 3. The SMILES string of the molecule is COC(=O)c1cc(-c2ccccc2)c(F)cc1NC(=O)OCc1ccccc1. The van der Waals surface area contributed by atoms with Crippen LogP contribution in [0.1, 0.15) is 15.9 Å². The summed E-state index contributed by atoms with van der Waals surface area (Å²) in [5.74, 6) is -1.28. The maximum absolute atomic E-state index is 14.6. The quantitative estimate of drug-likeness (QED) is 0.632. The molecule has 3 aromatic rings. The van der Waals surface area contributed by atoms with Crippen LogP contribution in [-0.4, -0.2) is 19.2 Å². The van der Waals surface area contributed by atoms with Crippen LogP contribution in [0.15, 0.2) is 72.8 Å². The molecule has 5 nitrogen and oxygen atoms in total. The molecule has 3 aromatic carbocycles. The van der Waals surface area contributed by atoms with E-state index in [0.717, 1.165) is 11.6 Å². The van der Waals surface area contributed by atoms with Crippen molar-refractivity contribution in [2.45, 2.75) is 6.61 Å². The standard InChI is InChI=1S/C22H18FNO4/c1-27-21(25)18-12-17(16-10-6-3-7-11-16)19(23)13-20(18)24-22(26)28-14-15-8-4-2-5-9-15/h2-13H,14H2,1H3,(H,24,26). The van der Waals surface area contributed by atoms with Crippen LogP contribution in [0.4, 0.5) is 14.9 Å². The van der Waals surface area contributed by atoms with Gasteiger partial charge in [0, 0.05) is 5.56 Å². The molecule has 3 rings (SSSR count). The summed E-state index contributed by atoms with van der Waals surface area (Å²) in [6, 6.07) is 20.3. The van der Waals surface area contributed by atoms with E-state index in [2.05, 4.69) is 5.32 Å². The number of hydrogen-bond acceptors (Lipinski definition) is 4. The van der Waals surface area contributed by atoms with Gasteiger partial charge in [0.25, 0.3) is 0 Å². The van der Waals surface area contributed by atoms with Crippen molar-refractivity contribution in [3.05, 3.63) is 89.7 Å². The summed E-state index contributed by atoms with van der Waals surface area (Å²) in [6.45, 7) is 0.0464. The van der Waals surface area contributed by atoms with Crippen molar-refractivity contribution in [3.63, 3.8) is 0 Å². The number of nitrogens with one attached hydrogen (secondary N) is 1. The number of amides is 1. The molecule has 0 atom stereocenters. The molecule has 0 fully saturated rings. The van der Waals surface area contributed by atoms with Gasteiger partial charge in [-0.25, -0.2) is 14.0 Å². The Morgan fingerprint density at radius 3 is 2.25 bits per heavy atom. The molecule has 0 saturated carbocycles. The minimum atomic E-state index is -0.805.